The predicted octanol–water partition coefficient (Wildman–Crippen LogP) is 4.27. The SMILES string of the molecule is CC(C)Oc1cc(F)ccc1-c1cc(NC(=O)[C@H]2CCC[C@@H](N)C2)ncc1F. The second-order valence-electron chi connectivity index (χ2n) is 7.47. The zero-order chi connectivity index (χ0) is 20.3. The molecule has 1 saturated carbocycles. The first kappa shape index (κ1) is 20.2. The fourth-order valence-electron chi connectivity index (χ4n) is 3.48. The van der Waals surface area contributed by atoms with Crippen molar-refractivity contribution in [2.24, 2.45) is 11.7 Å². The summed E-state index contributed by atoms with van der Waals surface area (Å²) in [7, 11) is 0. The maximum absolute atomic E-state index is 14.5. The van der Waals surface area contributed by atoms with Crippen LogP contribution in [-0.2, 0) is 4.79 Å². The molecule has 0 saturated heterocycles. The van der Waals surface area contributed by atoms with Gasteiger partial charge in [-0.15, -0.1) is 0 Å². The first-order valence-corrected chi connectivity index (χ1v) is 9.52. The van der Waals surface area contributed by atoms with E-state index in [-0.39, 0.29) is 41.1 Å². The minimum Gasteiger partial charge on any atom is -0.490 e. The van der Waals surface area contributed by atoms with Gasteiger partial charge in [-0.2, -0.15) is 0 Å². The quantitative estimate of drug-likeness (QED) is 0.801. The Bertz CT molecular complexity index is 858. The molecule has 150 valence electrons. The third-order valence-corrected chi connectivity index (χ3v) is 4.79. The van der Waals surface area contributed by atoms with Crippen molar-refractivity contribution < 1.29 is 18.3 Å². The summed E-state index contributed by atoms with van der Waals surface area (Å²) >= 11 is 0. The van der Waals surface area contributed by atoms with Crippen LogP contribution >= 0.6 is 0 Å². The van der Waals surface area contributed by atoms with Gasteiger partial charge in [0, 0.05) is 29.2 Å². The molecule has 2 aromatic rings. The molecule has 1 fully saturated rings. The van der Waals surface area contributed by atoms with E-state index < -0.39 is 11.6 Å². The molecule has 1 aromatic carbocycles. The number of nitrogens with two attached hydrogens (primary N) is 1. The Morgan fingerprint density at radius 1 is 1.25 bits per heavy atom. The molecule has 1 aliphatic rings. The Morgan fingerprint density at radius 2 is 2.04 bits per heavy atom. The van der Waals surface area contributed by atoms with Gasteiger partial charge in [0.2, 0.25) is 5.91 Å². The van der Waals surface area contributed by atoms with Crippen molar-refractivity contribution in [2.45, 2.75) is 51.7 Å². The van der Waals surface area contributed by atoms with Crippen LogP contribution < -0.4 is 15.8 Å². The Kier molecular flexibility index (Phi) is 6.24. The van der Waals surface area contributed by atoms with E-state index in [0.29, 0.717) is 12.0 Å². The zero-order valence-electron chi connectivity index (χ0n) is 16.0. The summed E-state index contributed by atoms with van der Waals surface area (Å²) < 4.78 is 33.8. The molecule has 28 heavy (non-hydrogen) atoms. The van der Waals surface area contributed by atoms with Crippen molar-refractivity contribution >= 4 is 11.7 Å². The van der Waals surface area contributed by atoms with E-state index in [1.807, 2.05) is 0 Å². The minimum absolute atomic E-state index is 0.0243. The van der Waals surface area contributed by atoms with Crippen LogP contribution in [0.4, 0.5) is 14.6 Å². The molecule has 3 rings (SSSR count). The molecule has 3 N–H and O–H groups in total. The van der Waals surface area contributed by atoms with Gasteiger partial charge in [0.15, 0.2) is 0 Å². The van der Waals surface area contributed by atoms with Crippen molar-refractivity contribution in [3.8, 4) is 16.9 Å². The molecule has 2 atom stereocenters. The average Bonchev–Trinajstić information content (AvgIpc) is 2.63. The maximum Gasteiger partial charge on any atom is 0.228 e. The first-order valence-electron chi connectivity index (χ1n) is 9.52. The van der Waals surface area contributed by atoms with Crippen LogP contribution in [0, 0.1) is 17.6 Å². The van der Waals surface area contributed by atoms with Gasteiger partial charge in [-0.05, 0) is 51.3 Å². The summed E-state index contributed by atoms with van der Waals surface area (Å²) in [5.74, 6) is -0.937. The molecule has 1 amide bonds. The van der Waals surface area contributed by atoms with Crippen LogP contribution in [0.2, 0.25) is 0 Å². The van der Waals surface area contributed by atoms with Gasteiger partial charge in [0.05, 0.1) is 12.3 Å². The number of anilines is 1. The highest BCUT2D eigenvalue weighted by atomic mass is 19.1. The monoisotopic (exact) mass is 389 g/mol. The van der Waals surface area contributed by atoms with Crippen LogP contribution in [0.3, 0.4) is 0 Å². The summed E-state index contributed by atoms with van der Waals surface area (Å²) in [5, 5.41) is 2.75. The number of aromatic nitrogens is 1. The summed E-state index contributed by atoms with van der Waals surface area (Å²) in [6.07, 6.45) is 4.07. The summed E-state index contributed by atoms with van der Waals surface area (Å²) in [6, 6.07) is 5.38. The van der Waals surface area contributed by atoms with Gasteiger partial charge in [0.1, 0.15) is 23.2 Å². The fourth-order valence-corrected chi connectivity index (χ4v) is 3.48. The highest BCUT2D eigenvalue weighted by Crippen LogP contribution is 2.34. The highest BCUT2D eigenvalue weighted by Gasteiger charge is 2.26. The van der Waals surface area contributed by atoms with Gasteiger partial charge in [0.25, 0.3) is 0 Å². The van der Waals surface area contributed by atoms with Crippen molar-refractivity contribution in [1.82, 2.24) is 4.98 Å². The molecule has 1 heterocycles. The molecular formula is C21H25F2N3O2. The van der Waals surface area contributed by atoms with Crippen LogP contribution in [0.15, 0.2) is 30.5 Å². The Labute approximate surface area is 163 Å². The van der Waals surface area contributed by atoms with Gasteiger partial charge in [-0.1, -0.05) is 6.42 Å². The Balaban J connectivity index is 1.87. The highest BCUT2D eigenvalue weighted by molar-refractivity contribution is 5.92. The number of halogens is 2. The normalized spacial score (nSPS) is 19.5. The van der Waals surface area contributed by atoms with Gasteiger partial charge in [-0.25, -0.2) is 13.8 Å². The third-order valence-electron chi connectivity index (χ3n) is 4.79. The van der Waals surface area contributed by atoms with Gasteiger partial charge < -0.3 is 15.8 Å². The number of amides is 1. The third kappa shape index (κ3) is 4.84. The van der Waals surface area contributed by atoms with E-state index in [1.165, 1.54) is 24.3 Å². The van der Waals surface area contributed by atoms with Gasteiger partial charge in [-0.3, -0.25) is 4.79 Å². The second kappa shape index (κ2) is 8.65. The predicted molar refractivity (Wildman–Crippen MR) is 104 cm³/mol. The van der Waals surface area contributed by atoms with E-state index in [0.717, 1.165) is 25.5 Å². The molecule has 5 nitrogen and oxygen atoms in total. The Morgan fingerprint density at radius 3 is 2.75 bits per heavy atom. The van der Waals surface area contributed by atoms with E-state index in [9.17, 15) is 13.6 Å². The topological polar surface area (TPSA) is 77.2 Å². The number of carbonyl (C=O) groups excluding carboxylic acids is 1. The van der Waals surface area contributed by atoms with Crippen molar-refractivity contribution in [1.29, 1.82) is 0 Å². The molecule has 0 bridgehead atoms. The number of hydrogen-bond donors (Lipinski definition) is 2. The number of nitrogens with zero attached hydrogens (tertiary/aromatic N) is 1. The molecule has 7 heteroatoms. The molecule has 1 aliphatic carbocycles. The lowest BCUT2D eigenvalue weighted by molar-refractivity contribution is -0.120. The summed E-state index contributed by atoms with van der Waals surface area (Å²) in [6.45, 7) is 3.61. The largest absolute Gasteiger partial charge is 0.490 e. The lowest BCUT2D eigenvalue weighted by atomic mass is 9.85. The van der Waals surface area contributed by atoms with Crippen LogP contribution in [-0.4, -0.2) is 23.0 Å². The summed E-state index contributed by atoms with van der Waals surface area (Å²) in [4.78, 5) is 16.5. The number of ether oxygens (including phenoxy) is 1. The van der Waals surface area contributed by atoms with Crippen LogP contribution in [0.25, 0.3) is 11.1 Å². The van der Waals surface area contributed by atoms with E-state index in [2.05, 4.69) is 10.3 Å². The number of rotatable bonds is 5. The van der Waals surface area contributed by atoms with Gasteiger partial charge >= 0.3 is 0 Å². The van der Waals surface area contributed by atoms with Crippen molar-refractivity contribution in [2.75, 3.05) is 5.32 Å². The molecular weight excluding hydrogens is 364 g/mol. The fraction of sp³-hybridized carbons (Fsp3) is 0.429. The molecule has 0 spiro atoms. The lowest BCUT2D eigenvalue weighted by Gasteiger charge is -2.25. The maximum atomic E-state index is 14.5. The standard InChI is InChI=1S/C21H25F2N3O2/c1-12(2)28-19-9-14(22)6-7-16(19)17-10-20(25-11-18(17)23)26-21(27)13-4-3-5-15(24)8-13/h6-7,9-13,15H,3-5,8,24H2,1-2H3,(H,25,26,27)/t13-,15+/m0/s1. The van der Waals surface area contributed by atoms with Crippen LogP contribution in [0.5, 0.6) is 5.75 Å². The minimum atomic E-state index is -0.585. The van der Waals surface area contributed by atoms with E-state index in [4.69, 9.17) is 10.5 Å². The average molecular weight is 389 g/mol. The number of benzene rings is 1. The van der Waals surface area contributed by atoms with Crippen molar-refractivity contribution in [3.63, 3.8) is 0 Å². The van der Waals surface area contributed by atoms with E-state index in [1.54, 1.807) is 13.8 Å². The number of nitrogens with one attached hydrogen (secondary N) is 1. The number of pyridine rings is 1. The van der Waals surface area contributed by atoms with E-state index >= 15 is 0 Å². The lowest BCUT2D eigenvalue weighted by Crippen LogP contribution is -2.34. The number of hydrogen-bond acceptors (Lipinski definition) is 4. The second-order valence-corrected chi connectivity index (χ2v) is 7.47. The van der Waals surface area contributed by atoms with Crippen LogP contribution in [0.1, 0.15) is 39.5 Å². The molecule has 0 unspecified atom stereocenters. The van der Waals surface area contributed by atoms with Crippen molar-refractivity contribution in [3.05, 3.63) is 42.1 Å². The molecule has 1 aromatic heterocycles. The molecule has 0 radical (unpaired) electrons. The number of carbonyl (C=O) groups is 1. The smallest absolute Gasteiger partial charge is 0.228 e. The summed E-state index contributed by atoms with van der Waals surface area (Å²) in [5.41, 5.74) is 6.53. The first-order chi connectivity index (χ1) is 13.3. The zero-order valence-corrected chi connectivity index (χ0v) is 16.0. The Hall–Kier alpha value is -2.54. The molecule has 0 aliphatic heterocycles.